The van der Waals surface area contributed by atoms with Gasteiger partial charge in [0, 0.05) is 11.6 Å². The van der Waals surface area contributed by atoms with Gasteiger partial charge in [-0.25, -0.2) is 0 Å². The lowest BCUT2D eigenvalue weighted by Crippen LogP contribution is -2.05. The lowest BCUT2D eigenvalue weighted by molar-refractivity contribution is 0.288. The Morgan fingerprint density at radius 1 is 0.714 bits per heavy atom. The summed E-state index contributed by atoms with van der Waals surface area (Å²) in [6.45, 7) is 1.13. The van der Waals surface area contributed by atoms with Crippen molar-refractivity contribution < 1.29 is 9.47 Å². The van der Waals surface area contributed by atoms with E-state index in [1.807, 2.05) is 59.9 Å². The van der Waals surface area contributed by atoms with Crippen LogP contribution in [0.5, 0.6) is 11.5 Å². The van der Waals surface area contributed by atoms with Crippen molar-refractivity contribution in [1.82, 2.24) is 0 Å². The molecule has 1 saturated heterocycles. The third-order valence-electron chi connectivity index (χ3n) is 4.55. The van der Waals surface area contributed by atoms with Gasteiger partial charge in [-0.3, -0.25) is 0 Å². The Labute approximate surface area is 175 Å². The molecule has 1 aliphatic rings. The third-order valence-corrected chi connectivity index (χ3v) is 7.53. The highest BCUT2D eigenvalue weighted by atomic mass is 32.2. The zero-order valence-electron chi connectivity index (χ0n) is 15.8. The molecular formula is C24H24O2S2. The van der Waals surface area contributed by atoms with E-state index < -0.39 is 0 Å². The molecule has 1 aliphatic heterocycles. The quantitative estimate of drug-likeness (QED) is 0.432. The SMILES string of the molecule is c1ccc(COc2ccc(C3SCCCS3)c(OCc3ccccc3)c2)cc1. The molecule has 0 amide bonds. The van der Waals surface area contributed by atoms with Crippen LogP contribution in [0.3, 0.4) is 0 Å². The van der Waals surface area contributed by atoms with Crippen LogP contribution in [0.4, 0.5) is 0 Å². The van der Waals surface area contributed by atoms with Gasteiger partial charge in [-0.15, -0.1) is 23.5 Å². The lowest BCUT2D eigenvalue weighted by Gasteiger charge is -2.24. The number of ether oxygens (including phenoxy) is 2. The normalized spacial score (nSPS) is 14.6. The van der Waals surface area contributed by atoms with Crippen molar-refractivity contribution in [1.29, 1.82) is 0 Å². The Morgan fingerprint density at radius 3 is 1.96 bits per heavy atom. The fourth-order valence-electron chi connectivity index (χ4n) is 3.07. The molecule has 0 unspecified atom stereocenters. The minimum absolute atomic E-state index is 0.433. The number of benzene rings is 3. The summed E-state index contributed by atoms with van der Waals surface area (Å²) in [5.74, 6) is 4.20. The van der Waals surface area contributed by atoms with E-state index in [4.69, 9.17) is 9.47 Å². The van der Waals surface area contributed by atoms with Gasteiger partial charge in [-0.1, -0.05) is 60.7 Å². The minimum Gasteiger partial charge on any atom is -0.489 e. The second kappa shape index (κ2) is 9.94. The standard InChI is InChI=1S/C24H24O2S2/c1-3-8-19(9-4-1)17-25-21-12-13-22(24-27-14-7-15-28-24)23(16-21)26-18-20-10-5-2-6-11-20/h1-6,8-13,16,24H,7,14-15,17-18H2. The summed E-state index contributed by atoms with van der Waals surface area (Å²) in [7, 11) is 0. The minimum atomic E-state index is 0.433. The Balaban J connectivity index is 1.51. The van der Waals surface area contributed by atoms with Gasteiger partial charge in [-0.2, -0.15) is 0 Å². The molecule has 0 saturated carbocycles. The van der Waals surface area contributed by atoms with Crippen LogP contribution in [0.15, 0.2) is 78.9 Å². The summed E-state index contributed by atoms with van der Waals surface area (Å²) >= 11 is 4.02. The molecule has 4 heteroatoms. The Kier molecular flexibility index (Phi) is 6.85. The zero-order chi connectivity index (χ0) is 19.0. The molecule has 2 nitrogen and oxygen atoms in total. The van der Waals surface area contributed by atoms with Crippen molar-refractivity contribution in [3.8, 4) is 11.5 Å². The van der Waals surface area contributed by atoms with E-state index >= 15 is 0 Å². The Bertz CT molecular complexity index is 862. The summed E-state index contributed by atoms with van der Waals surface area (Å²) in [6, 6.07) is 26.9. The second-order valence-electron chi connectivity index (χ2n) is 6.68. The van der Waals surface area contributed by atoms with E-state index in [0.717, 1.165) is 17.1 Å². The molecule has 144 valence electrons. The van der Waals surface area contributed by atoms with Crippen LogP contribution >= 0.6 is 23.5 Å². The second-order valence-corrected chi connectivity index (χ2v) is 9.40. The van der Waals surface area contributed by atoms with Crippen LogP contribution < -0.4 is 9.47 Å². The average molecular weight is 409 g/mol. The molecule has 0 bridgehead atoms. The van der Waals surface area contributed by atoms with Crippen molar-refractivity contribution in [2.45, 2.75) is 24.2 Å². The van der Waals surface area contributed by atoms with E-state index in [9.17, 15) is 0 Å². The molecule has 3 aromatic carbocycles. The zero-order valence-corrected chi connectivity index (χ0v) is 17.4. The van der Waals surface area contributed by atoms with Crippen LogP contribution in [-0.2, 0) is 13.2 Å². The molecule has 28 heavy (non-hydrogen) atoms. The molecule has 0 radical (unpaired) electrons. The van der Waals surface area contributed by atoms with Gasteiger partial charge < -0.3 is 9.47 Å². The lowest BCUT2D eigenvalue weighted by atomic mass is 10.2. The molecule has 0 spiro atoms. The maximum absolute atomic E-state index is 6.26. The van der Waals surface area contributed by atoms with Crippen LogP contribution in [0.1, 0.15) is 27.7 Å². The molecule has 0 aromatic heterocycles. The van der Waals surface area contributed by atoms with Crippen molar-refractivity contribution in [3.63, 3.8) is 0 Å². The monoisotopic (exact) mass is 408 g/mol. The molecule has 0 N–H and O–H groups in total. The molecule has 1 fully saturated rings. The number of hydrogen-bond acceptors (Lipinski definition) is 4. The maximum atomic E-state index is 6.26. The van der Waals surface area contributed by atoms with Gasteiger partial charge in [0.1, 0.15) is 24.7 Å². The van der Waals surface area contributed by atoms with E-state index in [0.29, 0.717) is 17.8 Å². The number of hydrogen-bond donors (Lipinski definition) is 0. The predicted molar refractivity (Wildman–Crippen MR) is 120 cm³/mol. The van der Waals surface area contributed by atoms with Gasteiger partial charge in [-0.05, 0) is 41.2 Å². The van der Waals surface area contributed by atoms with Gasteiger partial charge in [0.05, 0.1) is 4.58 Å². The van der Waals surface area contributed by atoms with Crippen LogP contribution in [0, 0.1) is 0 Å². The topological polar surface area (TPSA) is 18.5 Å². The molecule has 0 aliphatic carbocycles. The van der Waals surface area contributed by atoms with Gasteiger partial charge >= 0.3 is 0 Å². The van der Waals surface area contributed by atoms with Gasteiger partial charge in [0.15, 0.2) is 0 Å². The highest BCUT2D eigenvalue weighted by molar-refractivity contribution is 8.16. The summed E-state index contributed by atoms with van der Waals surface area (Å²) in [6.07, 6.45) is 1.28. The first-order valence-corrected chi connectivity index (χ1v) is 11.7. The van der Waals surface area contributed by atoms with Crippen molar-refractivity contribution in [2.75, 3.05) is 11.5 Å². The molecule has 4 rings (SSSR count). The summed E-state index contributed by atoms with van der Waals surface area (Å²) < 4.78 is 12.7. The highest BCUT2D eigenvalue weighted by Gasteiger charge is 2.21. The smallest absolute Gasteiger partial charge is 0.128 e. The van der Waals surface area contributed by atoms with Crippen LogP contribution in [0.2, 0.25) is 0 Å². The third kappa shape index (κ3) is 5.27. The molecular weight excluding hydrogens is 384 g/mol. The molecule has 0 atom stereocenters. The fourth-order valence-corrected chi connectivity index (χ4v) is 6.01. The number of thioether (sulfide) groups is 2. The van der Waals surface area contributed by atoms with Gasteiger partial charge in [0.25, 0.3) is 0 Å². The maximum Gasteiger partial charge on any atom is 0.128 e. The summed E-state index contributed by atoms with van der Waals surface area (Å²) in [5, 5.41) is 0. The van der Waals surface area contributed by atoms with Gasteiger partial charge in [0.2, 0.25) is 0 Å². The number of rotatable bonds is 7. The Morgan fingerprint density at radius 2 is 1.32 bits per heavy atom. The Hall–Kier alpha value is -2.04. The highest BCUT2D eigenvalue weighted by Crippen LogP contribution is 2.47. The fraction of sp³-hybridized carbons (Fsp3) is 0.250. The van der Waals surface area contributed by atoms with E-state index in [-0.39, 0.29) is 0 Å². The van der Waals surface area contributed by atoms with Crippen LogP contribution in [0.25, 0.3) is 0 Å². The van der Waals surface area contributed by atoms with E-state index in [1.165, 1.54) is 29.1 Å². The van der Waals surface area contributed by atoms with E-state index in [1.54, 1.807) is 0 Å². The first kappa shape index (κ1) is 19.3. The first-order valence-electron chi connectivity index (χ1n) is 9.59. The van der Waals surface area contributed by atoms with Crippen molar-refractivity contribution in [3.05, 3.63) is 95.6 Å². The van der Waals surface area contributed by atoms with Crippen molar-refractivity contribution >= 4 is 23.5 Å². The average Bonchev–Trinajstić information content (AvgIpc) is 2.78. The predicted octanol–water partition coefficient (Wildman–Crippen LogP) is 6.71. The first-order chi connectivity index (χ1) is 13.9. The van der Waals surface area contributed by atoms with Crippen molar-refractivity contribution in [2.24, 2.45) is 0 Å². The largest absolute Gasteiger partial charge is 0.489 e. The van der Waals surface area contributed by atoms with Crippen LogP contribution in [-0.4, -0.2) is 11.5 Å². The molecule has 1 heterocycles. The summed E-state index contributed by atoms with van der Waals surface area (Å²) in [4.78, 5) is 0. The molecule has 3 aromatic rings. The summed E-state index contributed by atoms with van der Waals surface area (Å²) in [5.41, 5.74) is 3.60. The van der Waals surface area contributed by atoms with E-state index in [2.05, 4.69) is 42.5 Å².